The smallest absolute Gasteiger partial charge is 0.236 e. The predicted octanol–water partition coefficient (Wildman–Crippen LogP) is 2.00. The third-order valence-electron chi connectivity index (χ3n) is 3.48. The van der Waals surface area contributed by atoms with E-state index in [4.69, 9.17) is 5.73 Å². The topological polar surface area (TPSA) is 49.6 Å². The van der Waals surface area contributed by atoms with E-state index in [1.165, 1.54) is 5.56 Å². The fourth-order valence-corrected chi connectivity index (χ4v) is 2.29. The number of nitrogen functional groups attached to an aromatic ring is 1. The third-order valence-corrected chi connectivity index (χ3v) is 3.48. The van der Waals surface area contributed by atoms with Crippen molar-refractivity contribution < 1.29 is 4.79 Å². The van der Waals surface area contributed by atoms with Crippen molar-refractivity contribution in [2.24, 2.45) is 0 Å². The molecule has 112 valence electrons. The van der Waals surface area contributed by atoms with Crippen LogP contribution in [0.5, 0.6) is 0 Å². The van der Waals surface area contributed by atoms with E-state index in [0.29, 0.717) is 6.54 Å². The number of amides is 1. The van der Waals surface area contributed by atoms with Crippen LogP contribution < -0.4 is 5.73 Å². The second-order valence-electron chi connectivity index (χ2n) is 5.15. The Morgan fingerprint density at radius 1 is 1.25 bits per heavy atom. The van der Waals surface area contributed by atoms with Crippen LogP contribution in [-0.4, -0.2) is 48.9 Å². The van der Waals surface area contributed by atoms with Crippen LogP contribution in [0.3, 0.4) is 0 Å². The van der Waals surface area contributed by atoms with E-state index in [1.807, 2.05) is 44.0 Å². The molecule has 1 aromatic carbocycles. The summed E-state index contributed by atoms with van der Waals surface area (Å²) in [4.78, 5) is 15.9. The molecule has 0 fully saturated rings. The standard InChI is InChI=1S/C16H27N3O/c1-4-19(5-2)16(20)13-18(3)11-7-9-14-8-6-10-15(17)12-14/h6,8,10,12H,4-5,7,9,11,13,17H2,1-3H3. The second-order valence-corrected chi connectivity index (χ2v) is 5.15. The lowest BCUT2D eigenvalue weighted by molar-refractivity contribution is -0.131. The summed E-state index contributed by atoms with van der Waals surface area (Å²) in [6.07, 6.45) is 2.03. The summed E-state index contributed by atoms with van der Waals surface area (Å²) in [5.74, 6) is 0.210. The number of rotatable bonds is 8. The Morgan fingerprint density at radius 3 is 2.55 bits per heavy atom. The van der Waals surface area contributed by atoms with Gasteiger partial charge in [-0.05, 0) is 58.0 Å². The van der Waals surface area contributed by atoms with E-state index in [-0.39, 0.29) is 5.91 Å². The molecule has 0 aliphatic rings. The summed E-state index contributed by atoms with van der Waals surface area (Å²) in [5, 5.41) is 0. The van der Waals surface area contributed by atoms with Crippen LogP contribution in [0.4, 0.5) is 5.69 Å². The maximum absolute atomic E-state index is 12.0. The van der Waals surface area contributed by atoms with Crippen LogP contribution in [0.15, 0.2) is 24.3 Å². The molecule has 0 radical (unpaired) electrons. The first-order chi connectivity index (χ1) is 9.56. The van der Waals surface area contributed by atoms with Gasteiger partial charge < -0.3 is 10.6 Å². The summed E-state index contributed by atoms with van der Waals surface area (Å²) in [7, 11) is 2.00. The van der Waals surface area contributed by atoms with Gasteiger partial charge in [-0.2, -0.15) is 0 Å². The van der Waals surface area contributed by atoms with E-state index >= 15 is 0 Å². The van der Waals surface area contributed by atoms with Gasteiger partial charge in [-0.15, -0.1) is 0 Å². The third kappa shape index (κ3) is 5.61. The van der Waals surface area contributed by atoms with Crippen LogP contribution in [-0.2, 0) is 11.2 Å². The Morgan fingerprint density at radius 2 is 1.95 bits per heavy atom. The van der Waals surface area contributed by atoms with Gasteiger partial charge in [-0.25, -0.2) is 0 Å². The first kappa shape index (κ1) is 16.5. The molecule has 0 saturated heterocycles. The molecule has 0 heterocycles. The number of carbonyl (C=O) groups is 1. The van der Waals surface area contributed by atoms with Crippen LogP contribution >= 0.6 is 0 Å². The SMILES string of the molecule is CCN(CC)C(=O)CN(C)CCCc1cccc(N)c1. The summed E-state index contributed by atoms with van der Waals surface area (Å²) in [6.45, 7) is 7.02. The number of hydrogen-bond acceptors (Lipinski definition) is 3. The van der Waals surface area contributed by atoms with Crippen LogP contribution in [0, 0.1) is 0 Å². The van der Waals surface area contributed by atoms with Gasteiger partial charge in [-0.3, -0.25) is 9.69 Å². The van der Waals surface area contributed by atoms with Gasteiger partial charge in [0.1, 0.15) is 0 Å². The molecular formula is C16H27N3O. The fourth-order valence-electron chi connectivity index (χ4n) is 2.29. The molecule has 0 spiro atoms. The van der Waals surface area contributed by atoms with Gasteiger partial charge in [0.25, 0.3) is 0 Å². The molecule has 4 heteroatoms. The first-order valence-electron chi connectivity index (χ1n) is 7.37. The van der Waals surface area contributed by atoms with E-state index in [1.54, 1.807) is 0 Å². The van der Waals surface area contributed by atoms with Crippen molar-refractivity contribution in [2.45, 2.75) is 26.7 Å². The van der Waals surface area contributed by atoms with Crippen molar-refractivity contribution in [3.8, 4) is 0 Å². The zero-order valence-corrected chi connectivity index (χ0v) is 12.9. The van der Waals surface area contributed by atoms with Crippen LogP contribution in [0.25, 0.3) is 0 Å². The van der Waals surface area contributed by atoms with Crippen molar-refractivity contribution in [1.82, 2.24) is 9.80 Å². The molecule has 4 nitrogen and oxygen atoms in total. The lowest BCUT2D eigenvalue weighted by atomic mass is 10.1. The Balaban J connectivity index is 2.29. The van der Waals surface area contributed by atoms with E-state index in [0.717, 1.165) is 38.2 Å². The monoisotopic (exact) mass is 277 g/mol. The van der Waals surface area contributed by atoms with Crippen molar-refractivity contribution in [2.75, 3.05) is 39.0 Å². The van der Waals surface area contributed by atoms with Gasteiger partial charge in [0.05, 0.1) is 6.54 Å². The van der Waals surface area contributed by atoms with Crippen LogP contribution in [0.1, 0.15) is 25.8 Å². The molecule has 0 atom stereocenters. The van der Waals surface area contributed by atoms with Crippen molar-refractivity contribution in [3.05, 3.63) is 29.8 Å². The fraction of sp³-hybridized carbons (Fsp3) is 0.562. The molecule has 0 aliphatic heterocycles. The number of aryl methyl sites for hydroxylation is 1. The summed E-state index contributed by atoms with van der Waals surface area (Å²) in [6, 6.07) is 8.00. The minimum absolute atomic E-state index is 0.210. The highest BCUT2D eigenvalue weighted by atomic mass is 16.2. The first-order valence-corrected chi connectivity index (χ1v) is 7.37. The molecule has 2 N–H and O–H groups in total. The van der Waals surface area contributed by atoms with E-state index < -0.39 is 0 Å². The van der Waals surface area contributed by atoms with Gasteiger partial charge in [-0.1, -0.05) is 12.1 Å². The molecule has 0 saturated carbocycles. The molecule has 1 amide bonds. The maximum Gasteiger partial charge on any atom is 0.236 e. The van der Waals surface area contributed by atoms with Crippen molar-refractivity contribution in [3.63, 3.8) is 0 Å². The number of likely N-dealkylation sites (N-methyl/N-ethyl adjacent to an activating group) is 2. The Hall–Kier alpha value is -1.55. The maximum atomic E-state index is 12.0. The van der Waals surface area contributed by atoms with Gasteiger partial charge >= 0.3 is 0 Å². The normalized spacial score (nSPS) is 10.8. The largest absolute Gasteiger partial charge is 0.399 e. The Kier molecular flexibility index (Phi) is 7.09. The average molecular weight is 277 g/mol. The van der Waals surface area contributed by atoms with Gasteiger partial charge in [0.15, 0.2) is 0 Å². The van der Waals surface area contributed by atoms with Crippen molar-refractivity contribution >= 4 is 11.6 Å². The number of hydrogen-bond donors (Lipinski definition) is 1. The van der Waals surface area contributed by atoms with Crippen molar-refractivity contribution in [1.29, 1.82) is 0 Å². The molecule has 1 aromatic rings. The van der Waals surface area contributed by atoms with Gasteiger partial charge in [0.2, 0.25) is 5.91 Å². The number of carbonyl (C=O) groups excluding carboxylic acids is 1. The predicted molar refractivity (Wildman–Crippen MR) is 84.6 cm³/mol. The van der Waals surface area contributed by atoms with Crippen LogP contribution in [0.2, 0.25) is 0 Å². The molecule has 20 heavy (non-hydrogen) atoms. The number of benzene rings is 1. The highest BCUT2D eigenvalue weighted by molar-refractivity contribution is 5.78. The highest BCUT2D eigenvalue weighted by Crippen LogP contribution is 2.09. The summed E-state index contributed by atoms with van der Waals surface area (Å²) >= 11 is 0. The minimum atomic E-state index is 0.210. The molecule has 0 bridgehead atoms. The molecular weight excluding hydrogens is 250 g/mol. The van der Waals surface area contributed by atoms with Gasteiger partial charge in [0, 0.05) is 18.8 Å². The summed E-state index contributed by atoms with van der Waals surface area (Å²) < 4.78 is 0. The lowest BCUT2D eigenvalue weighted by Gasteiger charge is -2.23. The molecule has 0 aliphatic carbocycles. The summed E-state index contributed by atoms with van der Waals surface area (Å²) in [5.41, 5.74) is 7.83. The second kappa shape index (κ2) is 8.59. The molecule has 0 unspecified atom stereocenters. The molecule has 0 aromatic heterocycles. The van der Waals surface area contributed by atoms with E-state index in [2.05, 4.69) is 11.0 Å². The molecule has 1 rings (SSSR count). The zero-order valence-electron chi connectivity index (χ0n) is 12.9. The number of nitrogens with two attached hydrogens (primary N) is 1. The average Bonchev–Trinajstić information content (AvgIpc) is 2.40. The minimum Gasteiger partial charge on any atom is -0.399 e. The Bertz CT molecular complexity index is 416. The quantitative estimate of drug-likeness (QED) is 0.739. The Labute approximate surface area is 122 Å². The van der Waals surface area contributed by atoms with E-state index in [9.17, 15) is 4.79 Å². The number of anilines is 1. The number of nitrogens with zero attached hydrogens (tertiary/aromatic N) is 2. The highest BCUT2D eigenvalue weighted by Gasteiger charge is 2.11. The zero-order chi connectivity index (χ0) is 15.0. The lowest BCUT2D eigenvalue weighted by Crippen LogP contribution is -2.39.